The highest BCUT2D eigenvalue weighted by Gasteiger charge is 2.60. The van der Waals surface area contributed by atoms with Crippen LogP contribution in [0.2, 0.25) is 0 Å². The van der Waals surface area contributed by atoms with E-state index in [1.54, 1.807) is 0 Å². The van der Waals surface area contributed by atoms with Crippen molar-refractivity contribution in [3.05, 3.63) is 28.8 Å². The van der Waals surface area contributed by atoms with E-state index in [4.69, 9.17) is 11.6 Å². The minimum absolute atomic E-state index is 0.112. The predicted octanol–water partition coefficient (Wildman–Crippen LogP) is 5.13. The number of alkyl halides is 1. The van der Waals surface area contributed by atoms with Crippen molar-refractivity contribution >= 4 is 23.2 Å². The first-order valence-electron chi connectivity index (χ1n) is 8.87. The zero-order valence-corrected chi connectivity index (χ0v) is 15.1. The molecule has 2 nitrogen and oxygen atoms in total. The van der Waals surface area contributed by atoms with Crippen LogP contribution in [0, 0.1) is 38.0 Å². The molecule has 2 unspecified atom stereocenters. The van der Waals surface area contributed by atoms with Crippen molar-refractivity contribution < 1.29 is 4.79 Å². The number of halogens is 1. The number of carbonyl (C=O) groups excluding carboxylic acids is 1. The van der Waals surface area contributed by atoms with E-state index in [0.29, 0.717) is 11.8 Å². The minimum Gasteiger partial charge on any atom is -0.325 e. The van der Waals surface area contributed by atoms with Crippen LogP contribution >= 0.6 is 11.6 Å². The summed E-state index contributed by atoms with van der Waals surface area (Å²) in [6, 6.07) is 4.29. The molecule has 23 heavy (non-hydrogen) atoms. The molecule has 1 aromatic rings. The summed E-state index contributed by atoms with van der Waals surface area (Å²) in [4.78, 5) is 13.1. The maximum absolute atomic E-state index is 13.2. The van der Waals surface area contributed by atoms with Crippen LogP contribution in [0.15, 0.2) is 12.1 Å². The first kappa shape index (κ1) is 15.5. The van der Waals surface area contributed by atoms with Crippen molar-refractivity contribution in [1.82, 2.24) is 0 Å². The summed E-state index contributed by atoms with van der Waals surface area (Å²) in [6.07, 6.45) is 6.45. The molecular weight excluding hydrogens is 306 g/mol. The molecule has 0 aromatic heterocycles. The lowest BCUT2D eigenvalue weighted by atomic mass is 9.49. The van der Waals surface area contributed by atoms with E-state index in [9.17, 15) is 4.79 Å². The molecule has 1 N–H and O–H groups in total. The number of amides is 1. The van der Waals surface area contributed by atoms with Gasteiger partial charge >= 0.3 is 0 Å². The average Bonchev–Trinajstić information content (AvgIpc) is 2.39. The number of nitrogens with one attached hydrogen (secondary N) is 1. The largest absolute Gasteiger partial charge is 0.325 e. The minimum atomic E-state index is -0.227. The molecule has 1 aromatic carbocycles. The normalized spacial score (nSPS) is 37.9. The molecule has 0 radical (unpaired) electrons. The van der Waals surface area contributed by atoms with E-state index in [1.165, 1.54) is 12.0 Å². The van der Waals surface area contributed by atoms with Crippen LogP contribution in [0.3, 0.4) is 0 Å². The van der Waals surface area contributed by atoms with Gasteiger partial charge in [0.2, 0.25) is 5.91 Å². The number of benzene rings is 1. The summed E-state index contributed by atoms with van der Waals surface area (Å²) < 4.78 is 0. The molecule has 1 amide bonds. The SMILES string of the molecule is Cc1cc(C)c(NC(=O)C23CC4CC(CC(Cl)(C4)C2)C3)c(C)c1. The van der Waals surface area contributed by atoms with E-state index < -0.39 is 0 Å². The fraction of sp³-hybridized carbons (Fsp3) is 0.650. The Morgan fingerprint density at radius 2 is 1.65 bits per heavy atom. The van der Waals surface area contributed by atoms with E-state index in [-0.39, 0.29) is 16.2 Å². The molecule has 4 fully saturated rings. The standard InChI is InChI=1S/C20H26ClNO/c1-12-4-13(2)17(14(3)5-12)22-18(23)19-7-15-6-16(8-19)10-20(21,9-15)11-19/h4-5,15-16H,6-11H2,1-3H3,(H,22,23). The van der Waals surface area contributed by atoms with Crippen LogP contribution in [0.1, 0.15) is 55.2 Å². The van der Waals surface area contributed by atoms with Gasteiger partial charge in [0.05, 0.1) is 5.41 Å². The molecule has 5 rings (SSSR count). The van der Waals surface area contributed by atoms with Crippen LogP contribution in [0.5, 0.6) is 0 Å². The topological polar surface area (TPSA) is 29.1 Å². The van der Waals surface area contributed by atoms with Crippen molar-refractivity contribution in [2.75, 3.05) is 5.32 Å². The Balaban J connectivity index is 1.63. The van der Waals surface area contributed by atoms with Crippen molar-refractivity contribution in [2.24, 2.45) is 17.3 Å². The number of carbonyl (C=O) groups is 1. The Hall–Kier alpha value is -1.02. The third-order valence-corrected chi connectivity index (χ3v) is 6.83. The smallest absolute Gasteiger partial charge is 0.230 e. The van der Waals surface area contributed by atoms with E-state index >= 15 is 0 Å². The van der Waals surface area contributed by atoms with E-state index in [0.717, 1.165) is 48.9 Å². The summed E-state index contributed by atoms with van der Waals surface area (Å²) >= 11 is 6.87. The van der Waals surface area contributed by atoms with Gasteiger partial charge in [-0.2, -0.15) is 0 Å². The van der Waals surface area contributed by atoms with Gasteiger partial charge < -0.3 is 5.32 Å². The molecule has 0 heterocycles. The summed E-state index contributed by atoms with van der Waals surface area (Å²) in [5, 5.41) is 3.28. The molecule has 0 saturated heterocycles. The van der Waals surface area contributed by atoms with E-state index in [2.05, 4.69) is 38.2 Å². The molecule has 2 atom stereocenters. The maximum Gasteiger partial charge on any atom is 0.230 e. The van der Waals surface area contributed by atoms with Crippen LogP contribution < -0.4 is 5.32 Å². The lowest BCUT2D eigenvalue weighted by molar-refractivity contribution is -0.138. The van der Waals surface area contributed by atoms with Gasteiger partial charge in [-0.05, 0) is 82.3 Å². The Morgan fingerprint density at radius 3 is 2.17 bits per heavy atom. The molecule has 0 spiro atoms. The van der Waals surface area contributed by atoms with Crippen molar-refractivity contribution in [3.63, 3.8) is 0 Å². The van der Waals surface area contributed by atoms with Gasteiger partial charge in [0.15, 0.2) is 0 Å². The van der Waals surface area contributed by atoms with Crippen LogP contribution in [0.25, 0.3) is 0 Å². The fourth-order valence-electron chi connectivity index (χ4n) is 6.04. The molecule has 4 aliphatic carbocycles. The highest BCUT2D eigenvalue weighted by molar-refractivity contribution is 6.24. The third kappa shape index (κ3) is 2.50. The maximum atomic E-state index is 13.2. The summed E-state index contributed by atoms with van der Waals surface area (Å²) in [5.41, 5.74) is 4.32. The number of hydrogen-bond donors (Lipinski definition) is 1. The molecule has 4 saturated carbocycles. The second-order valence-corrected chi connectivity index (χ2v) is 9.42. The fourth-order valence-corrected chi connectivity index (χ4v) is 6.73. The van der Waals surface area contributed by atoms with Crippen molar-refractivity contribution in [1.29, 1.82) is 0 Å². The number of aryl methyl sites for hydroxylation is 3. The average molecular weight is 332 g/mol. The zero-order valence-electron chi connectivity index (χ0n) is 14.3. The third-order valence-electron chi connectivity index (χ3n) is 6.39. The Labute approximate surface area is 144 Å². The van der Waals surface area contributed by atoms with Crippen LogP contribution in [-0.4, -0.2) is 10.8 Å². The Bertz CT molecular complexity index is 643. The van der Waals surface area contributed by atoms with Gasteiger partial charge in [-0.1, -0.05) is 17.7 Å². The van der Waals surface area contributed by atoms with Gasteiger partial charge in [-0.25, -0.2) is 0 Å². The molecule has 124 valence electrons. The highest BCUT2D eigenvalue weighted by atomic mass is 35.5. The number of hydrogen-bond acceptors (Lipinski definition) is 1. The number of anilines is 1. The van der Waals surface area contributed by atoms with Gasteiger partial charge in [0, 0.05) is 10.6 Å². The second kappa shape index (κ2) is 4.99. The Morgan fingerprint density at radius 1 is 1.09 bits per heavy atom. The molecule has 3 heteroatoms. The molecule has 0 aliphatic heterocycles. The molecular formula is C20H26ClNO. The molecule has 4 aliphatic rings. The number of rotatable bonds is 2. The van der Waals surface area contributed by atoms with Gasteiger partial charge in [0.25, 0.3) is 0 Å². The second-order valence-electron chi connectivity index (χ2n) is 8.62. The zero-order chi connectivity index (χ0) is 16.4. The summed E-state index contributed by atoms with van der Waals surface area (Å²) in [5.74, 6) is 1.52. The lowest BCUT2D eigenvalue weighted by Crippen LogP contribution is -2.57. The van der Waals surface area contributed by atoms with Gasteiger partial charge in [-0.3, -0.25) is 4.79 Å². The van der Waals surface area contributed by atoms with Crippen molar-refractivity contribution in [2.45, 2.75) is 64.2 Å². The van der Waals surface area contributed by atoms with Gasteiger partial charge in [0.1, 0.15) is 0 Å². The molecule has 4 bridgehead atoms. The summed E-state index contributed by atoms with van der Waals surface area (Å²) in [7, 11) is 0. The first-order valence-corrected chi connectivity index (χ1v) is 9.25. The van der Waals surface area contributed by atoms with Crippen LogP contribution in [-0.2, 0) is 4.79 Å². The Kier molecular flexibility index (Phi) is 3.36. The first-order chi connectivity index (χ1) is 10.8. The van der Waals surface area contributed by atoms with Crippen molar-refractivity contribution in [3.8, 4) is 0 Å². The summed E-state index contributed by atoms with van der Waals surface area (Å²) in [6.45, 7) is 6.26. The van der Waals surface area contributed by atoms with E-state index in [1.807, 2.05) is 0 Å². The van der Waals surface area contributed by atoms with Gasteiger partial charge in [-0.15, -0.1) is 11.6 Å². The monoisotopic (exact) mass is 331 g/mol. The predicted molar refractivity (Wildman–Crippen MR) is 95.0 cm³/mol. The van der Waals surface area contributed by atoms with Crippen LogP contribution in [0.4, 0.5) is 5.69 Å². The lowest BCUT2D eigenvalue weighted by Gasteiger charge is -2.59. The quantitative estimate of drug-likeness (QED) is 0.748. The highest BCUT2D eigenvalue weighted by Crippen LogP contribution is 2.64.